The summed E-state index contributed by atoms with van der Waals surface area (Å²) in [7, 11) is 0. The van der Waals surface area contributed by atoms with Gasteiger partial charge in [0.2, 0.25) is 0 Å². The first-order chi connectivity index (χ1) is 11.6. The van der Waals surface area contributed by atoms with E-state index in [9.17, 15) is 5.11 Å². The fourth-order valence-corrected chi connectivity index (χ4v) is 5.71. The molecule has 4 bridgehead atoms. The van der Waals surface area contributed by atoms with E-state index < -0.39 is 5.60 Å². The van der Waals surface area contributed by atoms with Gasteiger partial charge in [-0.25, -0.2) is 0 Å². The van der Waals surface area contributed by atoms with Crippen LogP contribution in [0.2, 0.25) is 0 Å². The summed E-state index contributed by atoms with van der Waals surface area (Å²) < 4.78 is 5.39. The van der Waals surface area contributed by atoms with Gasteiger partial charge in [0.15, 0.2) is 5.82 Å². The maximum absolute atomic E-state index is 10.8. The van der Waals surface area contributed by atoms with E-state index in [1.54, 1.807) is 0 Å². The molecule has 2 aromatic rings. The van der Waals surface area contributed by atoms with Crippen molar-refractivity contribution in [1.82, 2.24) is 15.5 Å². The lowest BCUT2D eigenvalue weighted by molar-refractivity contribution is -0.142. The molecule has 0 saturated heterocycles. The number of hydrogen-bond donors (Lipinski definition) is 2. The van der Waals surface area contributed by atoms with E-state index in [-0.39, 0.29) is 5.54 Å². The summed E-state index contributed by atoms with van der Waals surface area (Å²) in [5.41, 5.74) is 0.566. The molecular formula is C19H23N3O2. The van der Waals surface area contributed by atoms with E-state index in [1.807, 2.05) is 30.3 Å². The van der Waals surface area contributed by atoms with Gasteiger partial charge in [-0.1, -0.05) is 23.4 Å². The summed E-state index contributed by atoms with van der Waals surface area (Å²) in [4.78, 5) is 4.51. The van der Waals surface area contributed by atoms with Crippen molar-refractivity contribution in [3.05, 3.63) is 36.2 Å². The predicted molar refractivity (Wildman–Crippen MR) is 88.9 cm³/mol. The van der Waals surface area contributed by atoms with E-state index in [1.165, 1.54) is 19.3 Å². The van der Waals surface area contributed by atoms with Gasteiger partial charge < -0.3 is 14.9 Å². The highest BCUT2D eigenvalue weighted by molar-refractivity contribution is 5.51. The number of aliphatic hydroxyl groups is 1. The highest BCUT2D eigenvalue weighted by Gasteiger charge is 2.56. The molecule has 1 aromatic carbocycles. The quantitative estimate of drug-likeness (QED) is 0.904. The first kappa shape index (κ1) is 14.6. The molecule has 1 heterocycles. The minimum Gasteiger partial charge on any atom is -0.390 e. The Morgan fingerprint density at radius 1 is 1.12 bits per heavy atom. The smallest absolute Gasteiger partial charge is 0.257 e. The molecule has 4 aliphatic rings. The highest BCUT2D eigenvalue weighted by atomic mass is 16.5. The number of nitrogens with one attached hydrogen (secondary N) is 1. The van der Waals surface area contributed by atoms with Gasteiger partial charge in [-0.3, -0.25) is 0 Å². The van der Waals surface area contributed by atoms with Crippen molar-refractivity contribution in [2.24, 2.45) is 11.8 Å². The lowest BCUT2D eigenvalue weighted by Crippen LogP contribution is -2.64. The van der Waals surface area contributed by atoms with Crippen LogP contribution in [0.25, 0.3) is 11.5 Å². The minimum atomic E-state index is -0.441. The second-order valence-electron chi connectivity index (χ2n) is 8.20. The zero-order valence-corrected chi connectivity index (χ0v) is 13.7. The van der Waals surface area contributed by atoms with Crippen molar-refractivity contribution in [3.8, 4) is 11.5 Å². The third kappa shape index (κ3) is 2.47. The molecule has 6 rings (SSSR count). The first-order valence-electron chi connectivity index (χ1n) is 8.97. The zero-order chi connectivity index (χ0) is 16.2. The molecule has 5 nitrogen and oxygen atoms in total. The lowest BCUT2D eigenvalue weighted by atomic mass is 9.51. The average Bonchev–Trinajstić information content (AvgIpc) is 3.01. The van der Waals surface area contributed by atoms with Crippen molar-refractivity contribution in [2.45, 2.75) is 56.2 Å². The third-order valence-electron chi connectivity index (χ3n) is 6.14. The summed E-state index contributed by atoms with van der Waals surface area (Å²) in [5, 5.41) is 18.6. The van der Waals surface area contributed by atoms with Crippen LogP contribution >= 0.6 is 0 Å². The molecule has 5 heteroatoms. The molecule has 0 radical (unpaired) electrons. The van der Waals surface area contributed by atoms with Gasteiger partial charge in [0.25, 0.3) is 5.89 Å². The number of nitrogens with zero attached hydrogens (tertiary/aromatic N) is 2. The van der Waals surface area contributed by atoms with Gasteiger partial charge in [-0.15, -0.1) is 0 Å². The minimum absolute atomic E-state index is 0.0619. The molecule has 1 aromatic heterocycles. The Bertz CT molecular complexity index is 728. The number of hydrogen-bond acceptors (Lipinski definition) is 5. The lowest BCUT2D eigenvalue weighted by Gasteiger charge is -2.60. The Kier molecular flexibility index (Phi) is 3.13. The number of aromatic nitrogens is 2. The molecule has 4 saturated carbocycles. The molecule has 4 fully saturated rings. The van der Waals surface area contributed by atoms with Crippen LogP contribution in [0, 0.1) is 11.8 Å². The maximum Gasteiger partial charge on any atom is 0.257 e. The van der Waals surface area contributed by atoms with E-state index in [0.717, 1.165) is 24.8 Å². The summed E-state index contributed by atoms with van der Waals surface area (Å²) >= 11 is 0. The van der Waals surface area contributed by atoms with Crippen LogP contribution in [0.4, 0.5) is 0 Å². The van der Waals surface area contributed by atoms with Crippen LogP contribution in [-0.2, 0) is 6.54 Å². The molecule has 2 atom stereocenters. The summed E-state index contributed by atoms with van der Waals surface area (Å²) in [6, 6.07) is 9.85. The third-order valence-corrected chi connectivity index (χ3v) is 6.14. The molecule has 2 N–H and O–H groups in total. The van der Waals surface area contributed by atoms with Crippen LogP contribution in [0.15, 0.2) is 34.9 Å². The van der Waals surface area contributed by atoms with Crippen molar-refractivity contribution in [1.29, 1.82) is 0 Å². The fraction of sp³-hybridized carbons (Fsp3) is 0.579. The molecular weight excluding hydrogens is 302 g/mol. The zero-order valence-electron chi connectivity index (χ0n) is 13.7. The molecule has 0 aliphatic heterocycles. The monoisotopic (exact) mass is 325 g/mol. The standard InChI is InChI=1S/C19H23N3O2/c23-19-9-13-6-14(10-19)8-18(7-13,12-19)20-11-16-21-17(24-22-16)15-4-2-1-3-5-15/h1-5,13-14,20,23H,6-12H2. The van der Waals surface area contributed by atoms with E-state index in [4.69, 9.17) is 4.52 Å². The van der Waals surface area contributed by atoms with E-state index in [0.29, 0.717) is 30.1 Å². The van der Waals surface area contributed by atoms with Crippen LogP contribution in [0.1, 0.15) is 44.3 Å². The molecule has 4 aliphatic carbocycles. The average molecular weight is 325 g/mol. The van der Waals surface area contributed by atoms with E-state index in [2.05, 4.69) is 15.5 Å². The van der Waals surface area contributed by atoms with Gasteiger partial charge in [-0.2, -0.15) is 4.98 Å². The van der Waals surface area contributed by atoms with Crippen LogP contribution in [-0.4, -0.2) is 26.4 Å². The Balaban J connectivity index is 1.31. The summed E-state index contributed by atoms with van der Waals surface area (Å²) in [6.07, 6.45) is 6.51. The second kappa shape index (κ2) is 5.14. The van der Waals surface area contributed by atoms with Gasteiger partial charge in [-0.05, 0) is 62.5 Å². The molecule has 126 valence electrons. The largest absolute Gasteiger partial charge is 0.390 e. The maximum atomic E-state index is 10.8. The Hall–Kier alpha value is -1.72. The van der Waals surface area contributed by atoms with Gasteiger partial charge in [0.1, 0.15) is 0 Å². The van der Waals surface area contributed by atoms with Crippen molar-refractivity contribution < 1.29 is 9.63 Å². The molecule has 0 amide bonds. The normalized spacial score (nSPS) is 37.0. The summed E-state index contributed by atoms with van der Waals surface area (Å²) in [5.74, 6) is 2.61. The van der Waals surface area contributed by atoms with Crippen molar-refractivity contribution in [3.63, 3.8) is 0 Å². The molecule has 0 spiro atoms. The Morgan fingerprint density at radius 2 is 1.88 bits per heavy atom. The van der Waals surface area contributed by atoms with Crippen molar-refractivity contribution >= 4 is 0 Å². The number of benzene rings is 1. The van der Waals surface area contributed by atoms with Gasteiger partial charge >= 0.3 is 0 Å². The predicted octanol–water partition coefficient (Wildman–Crippen LogP) is 2.91. The Morgan fingerprint density at radius 3 is 2.58 bits per heavy atom. The number of rotatable bonds is 4. The van der Waals surface area contributed by atoms with Crippen LogP contribution in [0.5, 0.6) is 0 Å². The topological polar surface area (TPSA) is 71.2 Å². The van der Waals surface area contributed by atoms with E-state index >= 15 is 0 Å². The van der Waals surface area contributed by atoms with Gasteiger partial charge in [0, 0.05) is 11.1 Å². The summed E-state index contributed by atoms with van der Waals surface area (Å²) in [6.45, 7) is 0.603. The molecule has 24 heavy (non-hydrogen) atoms. The molecule has 2 unspecified atom stereocenters. The van der Waals surface area contributed by atoms with Crippen LogP contribution < -0.4 is 5.32 Å². The Labute approximate surface area is 141 Å². The fourth-order valence-electron chi connectivity index (χ4n) is 5.71. The van der Waals surface area contributed by atoms with Crippen LogP contribution in [0.3, 0.4) is 0 Å². The second-order valence-corrected chi connectivity index (χ2v) is 8.20. The first-order valence-corrected chi connectivity index (χ1v) is 8.97. The SMILES string of the molecule is OC12CC3CC(C1)CC(NCc1noc(-c4ccccc4)n1)(C3)C2. The highest BCUT2D eigenvalue weighted by Crippen LogP contribution is 2.57. The van der Waals surface area contributed by atoms with Gasteiger partial charge in [0.05, 0.1) is 12.1 Å². The van der Waals surface area contributed by atoms with Crippen molar-refractivity contribution in [2.75, 3.05) is 0 Å².